The Hall–Kier alpha value is -2.85. The third-order valence-electron chi connectivity index (χ3n) is 4.41. The van der Waals surface area contributed by atoms with Crippen LogP contribution in [0.4, 0.5) is 0 Å². The van der Waals surface area contributed by atoms with E-state index >= 15 is 0 Å². The number of benzene rings is 3. The van der Waals surface area contributed by atoms with E-state index < -0.39 is 0 Å². The molecule has 0 atom stereocenters. The average Bonchev–Trinajstić information content (AvgIpc) is 2.65. The van der Waals surface area contributed by atoms with Gasteiger partial charge in [-0.05, 0) is 23.1 Å². The second-order valence-electron chi connectivity index (χ2n) is 5.66. The smallest absolute Gasteiger partial charge is 0.0622 e. The van der Waals surface area contributed by atoms with Crippen LogP contribution in [0.5, 0.6) is 0 Å². The maximum atomic E-state index is 9.22. The highest BCUT2D eigenvalue weighted by atomic mass is 14.4. The molecule has 0 fully saturated rings. The van der Waals surface area contributed by atoms with Gasteiger partial charge in [-0.2, -0.15) is 5.26 Å². The van der Waals surface area contributed by atoms with Crippen molar-refractivity contribution in [3.63, 3.8) is 0 Å². The van der Waals surface area contributed by atoms with Gasteiger partial charge in [-0.25, -0.2) is 0 Å². The van der Waals surface area contributed by atoms with Crippen LogP contribution in [0.3, 0.4) is 0 Å². The van der Waals surface area contributed by atoms with Crippen LogP contribution in [0.15, 0.2) is 91.0 Å². The zero-order valence-electron chi connectivity index (χ0n) is 13.0. The van der Waals surface area contributed by atoms with Crippen molar-refractivity contribution in [1.29, 1.82) is 5.26 Å². The maximum Gasteiger partial charge on any atom is 0.0622 e. The van der Waals surface area contributed by atoms with Crippen molar-refractivity contribution < 1.29 is 0 Å². The van der Waals surface area contributed by atoms with Crippen LogP contribution in [0.1, 0.15) is 29.5 Å². The fraction of sp³-hybridized carbons (Fsp3) is 0.136. The quantitative estimate of drug-likeness (QED) is 0.584. The Balaban J connectivity index is 2.28. The van der Waals surface area contributed by atoms with Crippen molar-refractivity contribution >= 4 is 0 Å². The molecular formula is C22H19N. The van der Waals surface area contributed by atoms with Crippen LogP contribution in [0.25, 0.3) is 0 Å². The first-order chi connectivity index (χ1) is 11.4. The molecule has 3 aromatic rings. The molecule has 0 N–H and O–H groups in total. The Morgan fingerprint density at radius 1 is 0.609 bits per heavy atom. The topological polar surface area (TPSA) is 23.8 Å². The fourth-order valence-corrected chi connectivity index (χ4v) is 3.34. The first-order valence-corrected chi connectivity index (χ1v) is 7.91. The molecule has 0 unspecified atom stereocenters. The molecule has 0 aliphatic rings. The molecule has 0 amide bonds. The Morgan fingerprint density at radius 2 is 0.957 bits per heavy atom. The number of hydrogen-bond acceptors (Lipinski definition) is 1. The minimum Gasteiger partial charge on any atom is -0.198 e. The van der Waals surface area contributed by atoms with E-state index in [0.29, 0.717) is 6.42 Å². The molecule has 0 aromatic heterocycles. The second kappa shape index (κ2) is 6.94. The minimum absolute atomic E-state index is 0.292. The predicted octanol–water partition coefficient (Wildman–Crippen LogP) is 5.32. The molecule has 3 aromatic carbocycles. The molecule has 0 heterocycles. The van der Waals surface area contributed by atoms with E-state index in [2.05, 4.69) is 78.9 Å². The highest BCUT2D eigenvalue weighted by molar-refractivity contribution is 5.50. The van der Waals surface area contributed by atoms with Gasteiger partial charge in [0, 0.05) is 11.8 Å². The molecule has 0 bridgehead atoms. The van der Waals surface area contributed by atoms with Gasteiger partial charge in [0.1, 0.15) is 0 Å². The number of nitriles is 1. The molecule has 0 saturated heterocycles. The summed E-state index contributed by atoms with van der Waals surface area (Å²) in [5.41, 5.74) is 3.40. The van der Waals surface area contributed by atoms with Gasteiger partial charge in [-0.1, -0.05) is 91.0 Å². The summed E-state index contributed by atoms with van der Waals surface area (Å²) >= 11 is 0. The van der Waals surface area contributed by atoms with Crippen molar-refractivity contribution in [2.24, 2.45) is 0 Å². The van der Waals surface area contributed by atoms with Crippen LogP contribution in [0.2, 0.25) is 0 Å². The van der Waals surface area contributed by atoms with Crippen molar-refractivity contribution in [3.8, 4) is 6.07 Å². The van der Waals surface area contributed by atoms with Crippen LogP contribution >= 0.6 is 0 Å². The van der Waals surface area contributed by atoms with Gasteiger partial charge in [-0.3, -0.25) is 0 Å². The van der Waals surface area contributed by atoms with E-state index in [1.807, 2.05) is 18.2 Å². The average molecular weight is 297 g/mol. The lowest BCUT2D eigenvalue weighted by Crippen LogP contribution is -2.29. The third kappa shape index (κ3) is 2.89. The summed E-state index contributed by atoms with van der Waals surface area (Å²) in [4.78, 5) is 0. The fourth-order valence-electron chi connectivity index (χ4n) is 3.34. The van der Waals surface area contributed by atoms with E-state index in [-0.39, 0.29) is 5.41 Å². The molecule has 0 aliphatic heterocycles. The Morgan fingerprint density at radius 3 is 1.26 bits per heavy atom. The standard InChI is InChI=1S/C22H19N/c23-18-10-17-22(19-11-4-1-5-12-19,20-13-6-2-7-14-20)21-15-8-3-9-16-21/h1-9,11-16H,10,17H2. The molecule has 0 saturated carbocycles. The van der Waals surface area contributed by atoms with Gasteiger partial charge < -0.3 is 0 Å². The van der Waals surface area contributed by atoms with Gasteiger partial charge >= 0.3 is 0 Å². The largest absolute Gasteiger partial charge is 0.198 e. The van der Waals surface area contributed by atoms with Gasteiger partial charge in [0.2, 0.25) is 0 Å². The summed E-state index contributed by atoms with van der Waals surface area (Å²) in [5, 5.41) is 9.22. The molecule has 0 radical (unpaired) electrons. The van der Waals surface area contributed by atoms with Crippen LogP contribution in [-0.2, 0) is 5.41 Å². The first-order valence-electron chi connectivity index (χ1n) is 7.91. The van der Waals surface area contributed by atoms with E-state index in [9.17, 15) is 5.26 Å². The molecule has 3 rings (SSSR count). The number of rotatable bonds is 5. The zero-order valence-corrected chi connectivity index (χ0v) is 13.0. The van der Waals surface area contributed by atoms with E-state index in [4.69, 9.17) is 0 Å². The van der Waals surface area contributed by atoms with Crippen molar-refractivity contribution in [1.82, 2.24) is 0 Å². The van der Waals surface area contributed by atoms with Crippen molar-refractivity contribution in [2.75, 3.05) is 0 Å². The first kappa shape index (κ1) is 15.1. The summed E-state index contributed by atoms with van der Waals surface area (Å²) in [5.74, 6) is 0. The lowest BCUT2D eigenvalue weighted by atomic mass is 9.67. The van der Waals surface area contributed by atoms with Gasteiger partial charge in [0.05, 0.1) is 6.07 Å². The van der Waals surface area contributed by atoms with Gasteiger partial charge in [0.25, 0.3) is 0 Å². The molecular weight excluding hydrogens is 278 g/mol. The molecule has 0 spiro atoms. The van der Waals surface area contributed by atoms with Gasteiger partial charge in [-0.15, -0.1) is 0 Å². The normalized spacial score (nSPS) is 10.9. The SMILES string of the molecule is N#CCCC(c1ccccc1)(c1ccccc1)c1ccccc1. The molecule has 0 aliphatic carbocycles. The number of hydrogen-bond donors (Lipinski definition) is 0. The van der Waals surface area contributed by atoms with Crippen molar-refractivity contribution in [3.05, 3.63) is 108 Å². The highest BCUT2D eigenvalue weighted by Crippen LogP contribution is 2.42. The van der Waals surface area contributed by atoms with E-state index in [1.54, 1.807) is 0 Å². The van der Waals surface area contributed by atoms with Gasteiger partial charge in [0.15, 0.2) is 0 Å². The Bertz CT molecular complexity index is 674. The molecule has 112 valence electrons. The second-order valence-corrected chi connectivity index (χ2v) is 5.66. The summed E-state index contributed by atoms with van der Waals surface area (Å²) in [6, 6.07) is 33.9. The lowest BCUT2D eigenvalue weighted by Gasteiger charge is -2.35. The molecule has 1 nitrogen and oxygen atoms in total. The lowest BCUT2D eigenvalue weighted by molar-refractivity contribution is 0.569. The number of nitrogens with zero attached hydrogens (tertiary/aromatic N) is 1. The zero-order chi connectivity index (χ0) is 16.0. The highest BCUT2D eigenvalue weighted by Gasteiger charge is 2.35. The van der Waals surface area contributed by atoms with E-state index in [1.165, 1.54) is 16.7 Å². The van der Waals surface area contributed by atoms with Crippen LogP contribution in [0, 0.1) is 11.3 Å². The summed E-state index contributed by atoms with van der Waals surface area (Å²) < 4.78 is 0. The Labute approximate surface area is 137 Å². The third-order valence-corrected chi connectivity index (χ3v) is 4.41. The van der Waals surface area contributed by atoms with Crippen LogP contribution in [-0.4, -0.2) is 0 Å². The Kier molecular flexibility index (Phi) is 4.54. The molecule has 1 heteroatoms. The van der Waals surface area contributed by atoms with E-state index in [0.717, 1.165) is 6.42 Å². The minimum atomic E-state index is -0.292. The summed E-state index contributed by atoms with van der Waals surface area (Å²) in [6.45, 7) is 0. The monoisotopic (exact) mass is 297 g/mol. The predicted molar refractivity (Wildman–Crippen MR) is 94.1 cm³/mol. The van der Waals surface area contributed by atoms with Crippen molar-refractivity contribution in [2.45, 2.75) is 18.3 Å². The summed E-state index contributed by atoms with van der Waals surface area (Å²) in [6.07, 6.45) is 1.28. The van der Waals surface area contributed by atoms with Crippen LogP contribution < -0.4 is 0 Å². The molecule has 23 heavy (non-hydrogen) atoms. The summed E-state index contributed by atoms with van der Waals surface area (Å²) in [7, 11) is 0. The maximum absolute atomic E-state index is 9.22.